The summed E-state index contributed by atoms with van der Waals surface area (Å²) in [5.74, 6) is -5.50. The molecule has 33 heavy (non-hydrogen) atoms. The third kappa shape index (κ3) is 4.74. The quantitative estimate of drug-likeness (QED) is 0.385. The van der Waals surface area contributed by atoms with Gasteiger partial charge in [0.25, 0.3) is 0 Å². The van der Waals surface area contributed by atoms with Crippen LogP contribution in [0.3, 0.4) is 0 Å². The molecule has 0 saturated carbocycles. The van der Waals surface area contributed by atoms with Gasteiger partial charge in [-0.3, -0.25) is 0 Å². The van der Waals surface area contributed by atoms with Crippen molar-refractivity contribution in [2.45, 2.75) is 6.92 Å². The number of hydrogen-bond donors (Lipinski definition) is 4. The van der Waals surface area contributed by atoms with Crippen molar-refractivity contribution >= 4 is 23.9 Å². The number of benzene rings is 3. The van der Waals surface area contributed by atoms with Gasteiger partial charge in [-0.15, -0.1) is 0 Å². The fourth-order valence-corrected chi connectivity index (χ4v) is 3.03. The number of aromatic carboxylic acids is 4. The first-order valence-electron chi connectivity index (χ1n) is 9.25. The van der Waals surface area contributed by atoms with Crippen molar-refractivity contribution in [3.8, 4) is 23.0 Å². The van der Waals surface area contributed by atoms with Gasteiger partial charge >= 0.3 is 23.9 Å². The van der Waals surface area contributed by atoms with Crippen LogP contribution in [-0.4, -0.2) is 44.3 Å². The summed E-state index contributed by atoms with van der Waals surface area (Å²) in [5, 5.41) is 37.1. The molecule has 3 aromatic rings. The molecule has 0 unspecified atom stereocenters. The maximum absolute atomic E-state index is 11.6. The number of carboxylic acid groups (broad SMARTS) is 4. The van der Waals surface area contributed by atoms with Crippen molar-refractivity contribution in [2.75, 3.05) is 0 Å². The second-order valence-electron chi connectivity index (χ2n) is 6.69. The third-order valence-corrected chi connectivity index (χ3v) is 4.60. The Bertz CT molecular complexity index is 1290. The number of carbonyl (C=O) groups is 4. The van der Waals surface area contributed by atoms with Gasteiger partial charge in [0.15, 0.2) is 0 Å². The molecule has 0 bridgehead atoms. The highest BCUT2D eigenvalue weighted by molar-refractivity contribution is 6.04. The lowest BCUT2D eigenvalue weighted by Crippen LogP contribution is -2.09. The first kappa shape index (κ1) is 22.8. The Hall–Kier alpha value is -4.86. The topological polar surface area (TPSA) is 168 Å². The van der Waals surface area contributed by atoms with E-state index < -0.39 is 46.1 Å². The lowest BCUT2D eigenvalue weighted by atomic mass is 10.1. The molecular weight excluding hydrogens is 436 g/mol. The minimum atomic E-state index is -1.48. The van der Waals surface area contributed by atoms with E-state index in [4.69, 9.17) is 14.6 Å². The van der Waals surface area contributed by atoms with Gasteiger partial charge in [-0.05, 0) is 49.4 Å². The molecule has 0 aliphatic rings. The number of hydrogen-bond acceptors (Lipinski definition) is 6. The Morgan fingerprint density at radius 2 is 1.15 bits per heavy atom. The van der Waals surface area contributed by atoms with Crippen LogP contribution in [0.15, 0.2) is 54.6 Å². The number of rotatable bonds is 8. The van der Waals surface area contributed by atoms with E-state index in [1.807, 2.05) is 0 Å². The predicted molar refractivity (Wildman–Crippen MR) is 112 cm³/mol. The van der Waals surface area contributed by atoms with E-state index in [-0.39, 0.29) is 23.0 Å². The van der Waals surface area contributed by atoms with E-state index in [0.717, 1.165) is 18.2 Å². The minimum absolute atomic E-state index is 0.0525. The van der Waals surface area contributed by atoms with E-state index in [9.17, 15) is 34.5 Å². The smallest absolute Gasteiger partial charge is 0.340 e. The molecule has 0 fully saturated rings. The minimum Gasteiger partial charge on any atom is -0.478 e. The molecule has 0 aliphatic heterocycles. The fourth-order valence-electron chi connectivity index (χ4n) is 3.03. The molecule has 0 saturated heterocycles. The van der Waals surface area contributed by atoms with Crippen LogP contribution in [0, 0.1) is 6.92 Å². The Morgan fingerprint density at radius 3 is 1.73 bits per heavy atom. The van der Waals surface area contributed by atoms with Gasteiger partial charge in [-0.25, -0.2) is 19.2 Å². The Labute approximate surface area is 185 Å². The maximum Gasteiger partial charge on any atom is 0.340 e. The number of ether oxygens (including phenoxy) is 2. The number of carboxylic acids is 4. The van der Waals surface area contributed by atoms with E-state index in [0.29, 0.717) is 5.56 Å². The van der Waals surface area contributed by atoms with Crippen molar-refractivity contribution in [3.63, 3.8) is 0 Å². The van der Waals surface area contributed by atoms with Crippen LogP contribution in [0.1, 0.15) is 47.0 Å². The molecule has 10 nitrogen and oxygen atoms in total. The van der Waals surface area contributed by atoms with Crippen LogP contribution in [0.25, 0.3) is 0 Å². The summed E-state index contributed by atoms with van der Waals surface area (Å²) in [6.45, 7) is 1.59. The van der Waals surface area contributed by atoms with E-state index >= 15 is 0 Å². The standard InChI is InChI=1S/C23H16O10/c1-11-16(32-12-8-9-13(20(24)25)15(10-12)22(28)29)5-3-6-17(11)33-18-7-2-4-14(21(26)27)19(18)23(30)31/h2-10H,1H3,(H,24,25)(H,26,27)(H,28,29)(H,30,31). The van der Waals surface area contributed by atoms with Crippen molar-refractivity contribution in [1.29, 1.82) is 0 Å². The lowest BCUT2D eigenvalue weighted by Gasteiger charge is -2.15. The van der Waals surface area contributed by atoms with Gasteiger partial charge in [0.05, 0.1) is 16.7 Å². The van der Waals surface area contributed by atoms with Crippen molar-refractivity contribution in [3.05, 3.63) is 82.4 Å². The van der Waals surface area contributed by atoms with Crippen molar-refractivity contribution in [1.82, 2.24) is 0 Å². The summed E-state index contributed by atoms with van der Waals surface area (Å²) in [6.07, 6.45) is 0. The summed E-state index contributed by atoms with van der Waals surface area (Å²) in [6, 6.07) is 11.9. The molecule has 0 spiro atoms. The van der Waals surface area contributed by atoms with Crippen molar-refractivity contribution in [2.24, 2.45) is 0 Å². The highest BCUT2D eigenvalue weighted by atomic mass is 16.5. The average molecular weight is 452 g/mol. The Kier molecular flexibility index (Phi) is 6.29. The fraction of sp³-hybridized carbons (Fsp3) is 0.0435. The van der Waals surface area contributed by atoms with E-state index in [1.54, 1.807) is 13.0 Å². The molecule has 0 atom stereocenters. The lowest BCUT2D eigenvalue weighted by molar-refractivity contribution is 0.0649. The van der Waals surface area contributed by atoms with Gasteiger partial charge in [0.2, 0.25) is 0 Å². The van der Waals surface area contributed by atoms with Gasteiger partial charge in [-0.2, -0.15) is 0 Å². The molecule has 10 heteroatoms. The molecule has 0 amide bonds. The normalized spacial score (nSPS) is 10.3. The highest BCUT2D eigenvalue weighted by Gasteiger charge is 2.22. The second kappa shape index (κ2) is 9.10. The first-order chi connectivity index (χ1) is 15.6. The zero-order chi connectivity index (χ0) is 24.3. The van der Waals surface area contributed by atoms with E-state index in [1.165, 1.54) is 30.3 Å². The SMILES string of the molecule is Cc1c(Oc2ccc(C(=O)O)c(C(=O)O)c2)cccc1Oc1cccc(C(=O)O)c1C(=O)O. The van der Waals surface area contributed by atoms with Crippen LogP contribution < -0.4 is 9.47 Å². The van der Waals surface area contributed by atoms with Gasteiger partial charge in [0, 0.05) is 5.56 Å². The molecule has 3 aromatic carbocycles. The molecule has 0 radical (unpaired) electrons. The largest absolute Gasteiger partial charge is 0.478 e. The van der Waals surface area contributed by atoms with Gasteiger partial charge in [-0.1, -0.05) is 12.1 Å². The molecule has 0 heterocycles. The zero-order valence-corrected chi connectivity index (χ0v) is 16.9. The average Bonchev–Trinajstić information content (AvgIpc) is 2.75. The van der Waals surface area contributed by atoms with Crippen LogP contribution in [0.5, 0.6) is 23.0 Å². The Morgan fingerprint density at radius 1 is 0.606 bits per heavy atom. The third-order valence-electron chi connectivity index (χ3n) is 4.60. The maximum atomic E-state index is 11.6. The zero-order valence-electron chi connectivity index (χ0n) is 16.9. The van der Waals surface area contributed by atoms with Crippen LogP contribution in [0.2, 0.25) is 0 Å². The summed E-state index contributed by atoms with van der Waals surface area (Å²) >= 11 is 0. The van der Waals surface area contributed by atoms with Crippen LogP contribution in [-0.2, 0) is 0 Å². The van der Waals surface area contributed by atoms with Crippen LogP contribution >= 0.6 is 0 Å². The highest BCUT2D eigenvalue weighted by Crippen LogP contribution is 2.36. The van der Waals surface area contributed by atoms with Crippen molar-refractivity contribution < 1.29 is 49.1 Å². The second-order valence-corrected chi connectivity index (χ2v) is 6.69. The summed E-state index contributed by atoms with van der Waals surface area (Å²) in [5.41, 5.74) is -1.42. The molecule has 0 aromatic heterocycles. The summed E-state index contributed by atoms with van der Waals surface area (Å²) in [7, 11) is 0. The van der Waals surface area contributed by atoms with Gasteiger partial charge < -0.3 is 29.9 Å². The molecular formula is C23H16O10. The van der Waals surface area contributed by atoms with Gasteiger partial charge in [0.1, 0.15) is 28.6 Å². The van der Waals surface area contributed by atoms with Crippen LogP contribution in [0.4, 0.5) is 0 Å². The summed E-state index contributed by atoms with van der Waals surface area (Å²) < 4.78 is 11.4. The predicted octanol–water partition coefficient (Wildman–Crippen LogP) is 4.37. The Balaban J connectivity index is 1.98. The molecule has 0 aliphatic carbocycles. The monoisotopic (exact) mass is 452 g/mol. The molecule has 168 valence electrons. The summed E-state index contributed by atoms with van der Waals surface area (Å²) in [4.78, 5) is 45.6. The molecule has 4 N–H and O–H groups in total. The first-order valence-corrected chi connectivity index (χ1v) is 9.25. The molecule has 3 rings (SSSR count). The van der Waals surface area contributed by atoms with E-state index in [2.05, 4.69) is 0 Å².